The Hall–Kier alpha value is -2.03. The number of aromatic nitrogens is 2. The Morgan fingerprint density at radius 3 is 2.60 bits per heavy atom. The van der Waals surface area contributed by atoms with Crippen LogP contribution in [0.1, 0.15) is 76.5 Å². The van der Waals surface area contributed by atoms with Crippen LogP contribution in [0.15, 0.2) is 17.8 Å². The van der Waals surface area contributed by atoms with Gasteiger partial charge in [-0.15, -0.1) is 0 Å². The molecule has 1 saturated carbocycles. The number of rotatable bonds is 11. The molecule has 2 N–H and O–H groups in total. The van der Waals surface area contributed by atoms with Gasteiger partial charge in [0.05, 0.1) is 24.0 Å². The summed E-state index contributed by atoms with van der Waals surface area (Å²) in [6, 6.07) is 0.288. The Bertz CT molecular complexity index is 830. The second-order valence-corrected chi connectivity index (χ2v) is 10.0. The molecule has 1 saturated heterocycles. The average Bonchev–Trinajstić information content (AvgIpc) is 2.87. The lowest BCUT2D eigenvalue weighted by Gasteiger charge is -2.32. The van der Waals surface area contributed by atoms with Crippen LogP contribution in [0.4, 0.5) is 5.95 Å². The molecule has 1 aliphatic carbocycles. The highest BCUT2D eigenvalue weighted by atomic mass is 16.5. The molecule has 1 aliphatic heterocycles. The molecule has 196 valence electrons. The third-order valence-electron chi connectivity index (χ3n) is 7.24. The van der Waals surface area contributed by atoms with Crippen molar-refractivity contribution in [3.05, 3.63) is 24.0 Å². The zero-order chi connectivity index (χ0) is 25.2. The molecule has 8 heteroatoms. The molecular weight excluding hydrogens is 442 g/mol. The monoisotopic (exact) mass is 487 g/mol. The standard InChI is InChI=1S/C27H45N5O3/c1-6-7-19(2)30-27-29-18-24(25(31-27)20(3)21-8-10-22(33)11-9-21)26(28-4)35-23-12-14-32(15-13-23)16-17-34-5/h18-19,21-23,33H,3,6-17H2,1-2,4-5H3,(H,29,30,31). The summed E-state index contributed by atoms with van der Waals surface area (Å²) in [6.07, 6.45) is 9.23. The molecule has 0 radical (unpaired) electrons. The number of ether oxygens (including phenoxy) is 2. The van der Waals surface area contributed by atoms with E-state index < -0.39 is 0 Å². The summed E-state index contributed by atoms with van der Waals surface area (Å²) < 4.78 is 11.7. The predicted molar refractivity (Wildman–Crippen MR) is 142 cm³/mol. The highest BCUT2D eigenvalue weighted by Crippen LogP contribution is 2.35. The van der Waals surface area contributed by atoms with Crippen molar-refractivity contribution in [1.29, 1.82) is 0 Å². The molecule has 0 spiro atoms. The summed E-state index contributed by atoms with van der Waals surface area (Å²) in [5.74, 6) is 1.49. The van der Waals surface area contributed by atoms with Gasteiger partial charge < -0.3 is 24.8 Å². The average molecular weight is 488 g/mol. The van der Waals surface area contributed by atoms with Crippen LogP contribution in [0, 0.1) is 5.92 Å². The van der Waals surface area contributed by atoms with E-state index in [0.29, 0.717) is 11.8 Å². The maximum atomic E-state index is 9.99. The molecule has 1 aromatic rings. The van der Waals surface area contributed by atoms with Gasteiger partial charge in [0.15, 0.2) is 0 Å². The number of anilines is 1. The molecular formula is C27H45N5O3. The minimum Gasteiger partial charge on any atom is -0.474 e. The molecule has 0 bridgehead atoms. The third kappa shape index (κ3) is 7.98. The van der Waals surface area contributed by atoms with Crippen LogP contribution in [0.5, 0.6) is 0 Å². The number of likely N-dealkylation sites (tertiary alicyclic amines) is 1. The predicted octanol–water partition coefficient (Wildman–Crippen LogP) is 4.15. The maximum absolute atomic E-state index is 9.99. The Kier molecular flexibility index (Phi) is 10.9. The minimum absolute atomic E-state index is 0.112. The molecule has 1 atom stereocenters. The van der Waals surface area contributed by atoms with E-state index >= 15 is 0 Å². The molecule has 3 rings (SSSR count). The van der Waals surface area contributed by atoms with Crippen molar-refractivity contribution in [2.75, 3.05) is 45.7 Å². The fourth-order valence-electron chi connectivity index (χ4n) is 5.06. The van der Waals surface area contributed by atoms with Gasteiger partial charge in [-0.05, 0) is 63.4 Å². The molecule has 0 aromatic carbocycles. The second-order valence-electron chi connectivity index (χ2n) is 10.0. The summed E-state index contributed by atoms with van der Waals surface area (Å²) in [4.78, 5) is 16.5. The van der Waals surface area contributed by atoms with Gasteiger partial charge in [-0.1, -0.05) is 19.9 Å². The lowest BCUT2D eigenvalue weighted by molar-refractivity contribution is 0.0740. The van der Waals surface area contributed by atoms with Gasteiger partial charge in [0.2, 0.25) is 11.8 Å². The van der Waals surface area contributed by atoms with Gasteiger partial charge in [0, 0.05) is 46.0 Å². The van der Waals surface area contributed by atoms with Crippen molar-refractivity contribution in [2.24, 2.45) is 10.9 Å². The number of hydrogen-bond acceptors (Lipinski definition) is 8. The molecule has 2 heterocycles. The van der Waals surface area contributed by atoms with E-state index in [0.717, 1.165) is 94.4 Å². The highest BCUT2D eigenvalue weighted by molar-refractivity contribution is 5.98. The first kappa shape index (κ1) is 27.6. The van der Waals surface area contributed by atoms with Crippen LogP contribution in [0.3, 0.4) is 0 Å². The van der Waals surface area contributed by atoms with Gasteiger partial charge in [0.25, 0.3) is 0 Å². The van der Waals surface area contributed by atoms with E-state index in [9.17, 15) is 5.11 Å². The summed E-state index contributed by atoms with van der Waals surface area (Å²) in [7, 11) is 3.51. The second kappa shape index (κ2) is 13.9. The summed E-state index contributed by atoms with van der Waals surface area (Å²) in [6.45, 7) is 12.5. The minimum atomic E-state index is -0.207. The molecule has 2 aliphatic rings. The van der Waals surface area contributed by atoms with Gasteiger partial charge >= 0.3 is 0 Å². The van der Waals surface area contributed by atoms with Crippen LogP contribution >= 0.6 is 0 Å². The number of aliphatic hydroxyl groups is 1. The molecule has 0 amide bonds. The third-order valence-corrected chi connectivity index (χ3v) is 7.24. The van der Waals surface area contributed by atoms with E-state index in [2.05, 4.69) is 40.6 Å². The van der Waals surface area contributed by atoms with Gasteiger partial charge in [-0.2, -0.15) is 0 Å². The van der Waals surface area contributed by atoms with Crippen LogP contribution in [0.2, 0.25) is 0 Å². The Balaban J connectivity index is 1.78. The highest BCUT2D eigenvalue weighted by Gasteiger charge is 2.28. The number of hydrogen-bond donors (Lipinski definition) is 2. The summed E-state index contributed by atoms with van der Waals surface area (Å²) in [5.41, 5.74) is 2.60. The number of nitrogens with zero attached hydrogens (tertiary/aromatic N) is 4. The zero-order valence-corrected chi connectivity index (χ0v) is 22.1. The lowest BCUT2D eigenvalue weighted by atomic mass is 9.81. The smallest absolute Gasteiger partial charge is 0.223 e. The van der Waals surface area contributed by atoms with Gasteiger partial charge in [0.1, 0.15) is 6.10 Å². The summed E-state index contributed by atoms with van der Waals surface area (Å²) >= 11 is 0. The first-order valence-electron chi connectivity index (χ1n) is 13.3. The fourth-order valence-corrected chi connectivity index (χ4v) is 5.06. The number of allylic oxidation sites excluding steroid dienone is 1. The Morgan fingerprint density at radius 1 is 1.26 bits per heavy atom. The number of nitrogens with one attached hydrogen (secondary N) is 1. The number of aliphatic hydroxyl groups excluding tert-OH is 1. The number of aliphatic imine (C=N–C) groups is 1. The van der Waals surface area contributed by atoms with E-state index in [1.807, 2.05) is 6.20 Å². The van der Waals surface area contributed by atoms with Crippen LogP contribution in [-0.2, 0) is 9.47 Å². The van der Waals surface area contributed by atoms with Crippen molar-refractivity contribution < 1.29 is 14.6 Å². The maximum Gasteiger partial charge on any atom is 0.223 e. The summed E-state index contributed by atoms with van der Waals surface area (Å²) in [5, 5.41) is 13.4. The van der Waals surface area contributed by atoms with Gasteiger partial charge in [-0.25, -0.2) is 9.97 Å². The van der Waals surface area contributed by atoms with E-state index in [4.69, 9.17) is 14.5 Å². The van der Waals surface area contributed by atoms with Crippen LogP contribution in [0.25, 0.3) is 5.57 Å². The number of methoxy groups -OCH3 is 1. The first-order chi connectivity index (χ1) is 16.9. The molecule has 8 nitrogen and oxygen atoms in total. The van der Waals surface area contributed by atoms with E-state index in [-0.39, 0.29) is 24.2 Å². The van der Waals surface area contributed by atoms with Crippen LogP contribution < -0.4 is 5.32 Å². The van der Waals surface area contributed by atoms with Crippen LogP contribution in [-0.4, -0.2) is 84.5 Å². The Labute approximate surface area is 211 Å². The van der Waals surface area contributed by atoms with Crippen molar-refractivity contribution >= 4 is 17.4 Å². The van der Waals surface area contributed by atoms with Crippen molar-refractivity contribution in [2.45, 2.75) is 83.5 Å². The number of piperidine rings is 1. The van der Waals surface area contributed by atoms with Gasteiger partial charge in [-0.3, -0.25) is 4.99 Å². The van der Waals surface area contributed by atoms with E-state index in [1.165, 1.54) is 0 Å². The van der Waals surface area contributed by atoms with Crippen molar-refractivity contribution in [1.82, 2.24) is 14.9 Å². The van der Waals surface area contributed by atoms with Crippen molar-refractivity contribution in [3.8, 4) is 0 Å². The normalized spacial score (nSPS) is 23.2. The SMILES string of the molecule is C=C(c1nc(NC(C)CCC)ncc1C(=NC)OC1CCN(CCOC)CC1)C1CCC(O)CC1. The topological polar surface area (TPSA) is 92.1 Å². The lowest BCUT2D eigenvalue weighted by Crippen LogP contribution is -2.39. The van der Waals surface area contributed by atoms with E-state index in [1.54, 1.807) is 14.2 Å². The molecule has 35 heavy (non-hydrogen) atoms. The Morgan fingerprint density at radius 2 is 1.97 bits per heavy atom. The molecule has 1 aromatic heterocycles. The first-order valence-corrected chi connectivity index (χ1v) is 13.3. The fraction of sp³-hybridized carbons (Fsp3) is 0.741. The largest absolute Gasteiger partial charge is 0.474 e. The van der Waals surface area contributed by atoms with Crippen molar-refractivity contribution in [3.63, 3.8) is 0 Å². The quantitative estimate of drug-likeness (QED) is 0.358. The zero-order valence-electron chi connectivity index (χ0n) is 22.1. The molecule has 1 unspecified atom stereocenters. The molecule has 2 fully saturated rings.